The normalized spacial score (nSPS) is 10.8. The zero-order valence-corrected chi connectivity index (χ0v) is 19.1. The van der Waals surface area contributed by atoms with Gasteiger partial charge < -0.3 is 15.0 Å². The van der Waals surface area contributed by atoms with E-state index in [1.807, 2.05) is 64.1 Å². The van der Waals surface area contributed by atoms with Crippen LogP contribution in [0.2, 0.25) is 0 Å². The van der Waals surface area contributed by atoms with Crippen LogP contribution >= 0.6 is 0 Å². The maximum atomic E-state index is 12.8. The largest absolute Gasteiger partial charge is 0.444 e. The van der Waals surface area contributed by atoms with E-state index in [9.17, 15) is 14.4 Å². The summed E-state index contributed by atoms with van der Waals surface area (Å²) in [7, 11) is 0. The molecule has 0 bridgehead atoms. The number of hydrogen-bond acceptors (Lipinski definition) is 4. The van der Waals surface area contributed by atoms with Gasteiger partial charge in [-0.1, -0.05) is 36.4 Å². The van der Waals surface area contributed by atoms with E-state index in [1.54, 1.807) is 29.2 Å². The van der Waals surface area contributed by atoms with Crippen molar-refractivity contribution in [2.24, 2.45) is 0 Å². The van der Waals surface area contributed by atoms with Gasteiger partial charge in [-0.2, -0.15) is 0 Å². The molecule has 0 heterocycles. The van der Waals surface area contributed by atoms with Gasteiger partial charge in [-0.15, -0.1) is 0 Å². The van der Waals surface area contributed by atoms with Crippen LogP contribution in [0, 0.1) is 0 Å². The van der Waals surface area contributed by atoms with Crippen molar-refractivity contribution in [2.75, 3.05) is 24.5 Å². The van der Waals surface area contributed by atoms with E-state index in [1.165, 1.54) is 4.90 Å². The number of benzene rings is 2. The minimum atomic E-state index is -0.604. The van der Waals surface area contributed by atoms with Crippen LogP contribution in [0.15, 0.2) is 60.7 Å². The number of rotatable bonds is 7. The number of imide groups is 1. The van der Waals surface area contributed by atoms with Crippen LogP contribution in [0.4, 0.5) is 25.8 Å². The van der Waals surface area contributed by atoms with Gasteiger partial charge in [0.25, 0.3) is 0 Å². The number of ether oxygens (including phenoxy) is 1. The van der Waals surface area contributed by atoms with Gasteiger partial charge in [0, 0.05) is 19.6 Å². The highest BCUT2D eigenvalue weighted by Gasteiger charge is 2.22. The van der Waals surface area contributed by atoms with E-state index < -0.39 is 17.7 Å². The number of carbonyl (C=O) groups excluding carboxylic acids is 3. The second kappa shape index (κ2) is 11.7. The summed E-state index contributed by atoms with van der Waals surface area (Å²) in [5.74, 6) is 0. The van der Waals surface area contributed by atoms with Gasteiger partial charge >= 0.3 is 18.2 Å². The summed E-state index contributed by atoms with van der Waals surface area (Å²) in [6.45, 7) is 8.55. The lowest BCUT2D eigenvalue weighted by atomic mass is 10.2. The van der Waals surface area contributed by atoms with Crippen LogP contribution < -0.4 is 15.5 Å². The topological polar surface area (TPSA) is 91.0 Å². The number of urea groups is 2. The van der Waals surface area contributed by atoms with Crippen LogP contribution in [0.1, 0.15) is 34.1 Å². The zero-order chi connectivity index (χ0) is 23.6. The summed E-state index contributed by atoms with van der Waals surface area (Å²) in [5.41, 5.74) is 0.715. The number of amides is 5. The van der Waals surface area contributed by atoms with E-state index in [4.69, 9.17) is 4.74 Å². The van der Waals surface area contributed by atoms with Crippen molar-refractivity contribution in [2.45, 2.75) is 39.7 Å². The minimum absolute atomic E-state index is 0.301. The second-order valence-corrected chi connectivity index (χ2v) is 8.11. The Morgan fingerprint density at radius 1 is 0.906 bits per heavy atom. The molecule has 0 unspecified atom stereocenters. The van der Waals surface area contributed by atoms with Gasteiger partial charge in [-0.3, -0.25) is 10.2 Å². The molecular formula is C24H32N4O4. The van der Waals surface area contributed by atoms with Gasteiger partial charge in [0.1, 0.15) is 5.60 Å². The van der Waals surface area contributed by atoms with Crippen molar-refractivity contribution in [3.8, 4) is 0 Å². The van der Waals surface area contributed by atoms with E-state index >= 15 is 0 Å². The molecule has 0 aliphatic heterocycles. The fourth-order valence-electron chi connectivity index (χ4n) is 2.91. The Labute approximate surface area is 189 Å². The molecule has 32 heavy (non-hydrogen) atoms. The quantitative estimate of drug-likeness (QED) is 0.600. The molecule has 0 radical (unpaired) electrons. The summed E-state index contributed by atoms with van der Waals surface area (Å²) < 4.78 is 5.37. The SMILES string of the molecule is CCN(CCCNC(=O)NC(=O)N(c1ccccc1)c1ccccc1)C(=O)OC(C)(C)C. The molecule has 2 N–H and O–H groups in total. The lowest BCUT2D eigenvalue weighted by Gasteiger charge is -2.26. The molecule has 172 valence electrons. The highest BCUT2D eigenvalue weighted by atomic mass is 16.6. The first-order valence-corrected chi connectivity index (χ1v) is 10.7. The monoisotopic (exact) mass is 440 g/mol. The second-order valence-electron chi connectivity index (χ2n) is 8.11. The molecule has 0 fully saturated rings. The van der Waals surface area contributed by atoms with E-state index in [-0.39, 0.29) is 6.09 Å². The Balaban J connectivity index is 1.88. The van der Waals surface area contributed by atoms with Gasteiger partial charge in [0.15, 0.2) is 0 Å². The number of para-hydroxylation sites is 2. The Kier molecular flexibility index (Phi) is 9.07. The highest BCUT2D eigenvalue weighted by molar-refractivity contribution is 6.06. The molecule has 0 spiro atoms. The summed E-state index contributed by atoms with van der Waals surface area (Å²) in [5, 5.41) is 5.03. The first-order chi connectivity index (χ1) is 15.2. The third-order valence-corrected chi connectivity index (χ3v) is 4.38. The molecule has 8 nitrogen and oxygen atoms in total. The first-order valence-electron chi connectivity index (χ1n) is 10.7. The molecule has 2 aromatic rings. The van der Waals surface area contributed by atoms with E-state index in [0.29, 0.717) is 37.4 Å². The third kappa shape index (κ3) is 7.94. The standard InChI is InChI=1S/C24H32N4O4/c1-5-27(23(31)32-24(2,3)4)18-12-17-25-21(29)26-22(30)28(19-13-8-6-9-14-19)20-15-10-7-11-16-20/h6-11,13-16H,5,12,17-18H2,1-4H3,(H2,25,26,29,30). The average Bonchev–Trinajstić information content (AvgIpc) is 2.74. The fourth-order valence-corrected chi connectivity index (χ4v) is 2.91. The Bertz CT molecular complexity index is 842. The van der Waals surface area contributed by atoms with Gasteiger partial charge in [0.05, 0.1) is 11.4 Å². The van der Waals surface area contributed by atoms with Crippen LogP contribution in [-0.2, 0) is 4.74 Å². The lowest BCUT2D eigenvalue weighted by molar-refractivity contribution is 0.0259. The van der Waals surface area contributed by atoms with Crippen molar-refractivity contribution < 1.29 is 19.1 Å². The van der Waals surface area contributed by atoms with Crippen molar-refractivity contribution >= 4 is 29.5 Å². The summed E-state index contributed by atoms with van der Waals surface area (Å²) in [4.78, 5) is 40.3. The molecular weight excluding hydrogens is 408 g/mol. The zero-order valence-electron chi connectivity index (χ0n) is 19.1. The maximum Gasteiger partial charge on any atom is 0.410 e. The Morgan fingerprint density at radius 2 is 1.44 bits per heavy atom. The van der Waals surface area contributed by atoms with Crippen molar-refractivity contribution in [3.05, 3.63) is 60.7 Å². The summed E-state index contributed by atoms with van der Waals surface area (Å²) in [6.07, 6.45) is 0.136. The number of nitrogens with one attached hydrogen (secondary N) is 2. The molecule has 0 aliphatic rings. The molecule has 0 aromatic heterocycles. The molecule has 2 rings (SSSR count). The molecule has 0 atom stereocenters. The minimum Gasteiger partial charge on any atom is -0.444 e. The van der Waals surface area contributed by atoms with Crippen LogP contribution in [0.3, 0.4) is 0 Å². The number of anilines is 2. The summed E-state index contributed by atoms with van der Waals surface area (Å²) >= 11 is 0. The molecule has 8 heteroatoms. The molecule has 0 saturated carbocycles. The van der Waals surface area contributed by atoms with Crippen LogP contribution in [-0.4, -0.2) is 48.3 Å². The van der Waals surface area contributed by atoms with Gasteiger partial charge in [0.2, 0.25) is 0 Å². The fraction of sp³-hybridized carbons (Fsp3) is 0.375. The molecule has 2 aromatic carbocycles. The van der Waals surface area contributed by atoms with E-state index in [2.05, 4.69) is 10.6 Å². The van der Waals surface area contributed by atoms with Gasteiger partial charge in [-0.05, 0) is 58.4 Å². The molecule has 5 amide bonds. The number of nitrogens with zero attached hydrogens (tertiary/aromatic N) is 2. The maximum absolute atomic E-state index is 12.8. The van der Waals surface area contributed by atoms with Crippen molar-refractivity contribution in [1.29, 1.82) is 0 Å². The van der Waals surface area contributed by atoms with Crippen molar-refractivity contribution in [1.82, 2.24) is 15.5 Å². The number of carbonyl (C=O) groups is 3. The predicted octanol–water partition coefficient (Wildman–Crippen LogP) is 4.89. The van der Waals surface area contributed by atoms with Crippen LogP contribution in [0.5, 0.6) is 0 Å². The smallest absolute Gasteiger partial charge is 0.410 e. The lowest BCUT2D eigenvalue weighted by Crippen LogP contribution is -2.46. The average molecular weight is 441 g/mol. The Morgan fingerprint density at radius 3 is 1.91 bits per heavy atom. The van der Waals surface area contributed by atoms with Gasteiger partial charge in [-0.25, -0.2) is 14.4 Å². The van der Waals surface area contributed by atoms with Crippen molar-refractivity contribution in [3.63, 3.8) is 0 Å². The first kappa shape index (κ1) is 24.7. The summed E-state index contributed by atoms with van der Waals surface area (Å²) in [6, 6.07) is 17.0. The molecule has 0 aliphatic carbocycles. The molecule has 0 saturated heterocycles. The predicted molar refractivity (Wildman–Crippen MR) is 125 cm³/mol. The number of hydrogen-bond donors (Lipinski definition) is 2. The Hall–Kier alpha value is -3.55. The van der Waals surface area contributed by atoms with E-state index in [0.717, 1.165) is 0 Å². The van der Waals surface area contributed by atoms with Crippen LogP contribution in [0.25, 0.3) is 0 Å². The highest BCUT2D eigenvalue weighted by Crippen LogP contribution is 2.24. The third-order valence-electron chi connectivity index (χ3n) is 4.38.